The fraction of sp³-hybridized carbons (Fsp3) is 0.294. The van der Waals surface area contributed by atoms with Crippen LogP contribution in [0.5, 0.6) is 0 Å². The van der Waals surface area contributed by atoms with Crippen molar-refractivity contribution >= 4 is 11.8 Å². The van der Waals surface area contributed by atoms with E-state index in [1.165, 1.54) is 23.4 Å². The van der Waals surface area contributed by atoms with Gasteiger partial charge in [-0.15, -0.1) is 0 Å². The molecule has 0 amide bonds. The standard InChI is InChI=1S/C17H20FNOS/c1-13-5-3-7-15(11-13)21-17-14(6-4-8-16(17)18)12-19-9-10-20-2/h3-8,11,19H,9-10,12H2,1-2H3. The van der Waals surface area contributed by atoms with Gasteiger partial charge >= 0.3 is 0 Å². The monoisotopic (exact) mass is 305 g/mol. The molecule has 21 heavy (non-hydrogen) atoms. The van der Waals surface area contributed by atoms with E-state index >= 15 is 0 Å². The van der Waals surface area contributed by atoms with Crippen LogP contribution in [0.4, 0.5) is 4.39 Å². The Balaban J connectivity index is 2.13. The Labute approximate surface area is 129 Å². The molecule has 0 atom stereocenters. The highest BCUT2D eigenvalue weighted by atomic mass is 32.2. The number of hydrogen-bond acceptors (Lipinski definition) is 3. The summed E-state index contributed by atoms with van der Waals surface area (Å²) in [5.74, 6) is -0.174. The van der Waals surface area contributed by atoms with Crippen LogP contribution in [0.3, 0.4) is 0 Å². The van der Waals surface area contributed by atoms with Crippen LogP contribution in [0.15, 0.2) is 52.3 Å². The van der Waals surface area contributed by atoms with Crippen LogP contribution in [0.25, 0.3) is 0 Å². The smallest absolute Gasteiger partial charge is 0.137 e. The Kier molecular flexibility index (Phi) is 6.23. The van der Waals surface area contributed by atoms with E-state index in [-0.39, 0.29) is 5.82 Å². The molecule has 112 valence electrons. The van der Waals surface area contributed by atoms with E-state index in [0.29, 0.717) is 18.0 Å². The number of ether oxygens (including phenoxy) is 1. The number of halogens is 1. The average molecular weight is 305 g/mol. The van der Waals surface area contributed by atoms with Gasteiger partial charge in [-0.05, 0) is 30.7 Å². The molecule has 0 radical (unpaired) electrons. The second-order valence-corrected chi connectivity index (χ2v) is 5.90. The summed E-state index contributed by atoms with van der Waals surface area (Å²) in [6.45, 7) is 4.07. The zero-order valence-electron chi connectivity index (χ0n) is 12.4. The summed E-state index contributed by atoms with van der Waals surface area (Å²) in [5.41, 5.74) is 2.15. The van der Waals surface area contributed by atoms with Gasteiger partial charge < -0.3 is 10.1 Å². The van der Waals surface area contributed by atoms with Gasteiger partial charge in [0.2, 0.25) is 0 Å². The summed E-state index contributed by atoms with van der Waals surface area (Å²) in [6.07, 6.45) is 0. The Bertz CT molecular complexity index is 589. The zero-order chi connectivity index (χ0) is 15.1. The average Bonchev–Trinajstić information content (AvgIpc) is 2.47. The second kappa shape index (κ2) is 8.17. The van der Waals surface area contributed by atoms with Crippen molar-refractivity contribution in [3.63, 3.8) is 0 Å². The van der Waals surface area contributed by atoms with Crippen LogP contribution in [-0.4, -0.2) is 20.3 Å². The van der Waals surface area contributed by atoms with Gasteiger partial charge in [0.1, 0.15) is 5.82 Å². The van der Waals surface area contributed by atoms with Gasteiger partial charge in [-0.25, -0.2) is 4.39 Å². The molecule has 0 aliphatic carbocycles. The Morgan fingerprint density at radius 2 is 2.00 bits per heavy atom. The first-order chi connectivity index (χ1) is 10.2. The molecule has 2 aromatic rings. The van der Waals surface area contributed by atoms with E-state index in [1.807, 2.05) is 31.2 Å². The van der Waals surface area contributed by atoms with Crippen LogP contribution in [0, 0.1) is 12.7 Å². The molecule has 0 heterocycles. The minimum absolute atomic E-state index is 0.174. The lowest BCUT2D eigenvalue weighted by Gasteiger charge is -2.11. The third-order valence-corrected chi connectivity index (χ3v) is 4.21. The minimum Gasteiger partial charge on any atom is -0.383 e. The molecule has 0 saturated carbocycles. The highest BCUT2D eigenvalue weighted by molar-refractivity contribution is 7.99. The Hall–Kier alpha value is -1.36. The predicted molar refractivity (Wildman–Crippen MR) is 85.3 cm³/mol. The topological polar surface area (TPSA) is 21.3 Å². The number of rotatable bonds is 7. The molecule has 0 aliphatic heterocycles. The van der Waals surface area contributed by atoms with E-state index in [0.717, 1.165) is 17.0 Å². The van der Waals surface area contributed by atoms with Crippen molar-refractivity contribution < 1.29 is 9.13 Å². The van der Waals surface area contributed by atoms with Gasteiger partial charge in [0.05, 0.1) is 11.5 Å². The molecule has 4 heteroatoms. The van der Waals surface area contributed by atoms with Crippen molar-refractivity contribution in [3.05, 3.63) is 59.4 Å². The number of aryl methyl sites for hydroxylation is 1. The fourth-order valence-corrected chi connectivity index (χ4v) is 3.06. The molecule has 2 nitrogen and oxygen atoms in total. The van der Waals surface area contributed by atoms with Crippen molar-refractivity contribution in [2.45, 2.75) is 23.3 Å². The van der Waals surface area contributed by atoms with Gasteiger partial charge in [0, 0.05) is 25.1 Å². The van der Waals surface area contributed by atoms with Gasteiger partial charge in [-0.3, -0.25) is 0 Å². The first kappa shape index (κ1) is 16.0. The van der Waals surface area contributed by atoms with Crippen LogP contribution in [-0.2, 0) is 11.3 Å². The molecule has 2 rings (SSSR count). The van der Waals surface area contributed by atoms with E-state index in [9.17, 15) is 4.39 Å². The number of hydrogen-bond donors (Lipinski definition) is 1. The van der Waals surface area contributed by atoms with Gasteiger partial charge in [-0.2, -0.15) is 0 Å². The maximum atomic E-state index is 14.1. The van der Waals surface area contributed by atoms with E-state index in [1.54, 1.807) is 13.2 Å². The summed E-state index contributed by atoms with van der Waals surface area (Å²) in [6, 6.07) is 13.3. The zero-order valence-corrected chi connectivity index (χ0v) is 13.2. The maximum absolute atomic E-state index is 14.1. The highest BCUT2D eigenvalue weighted by Gasteiger charge is 2.10. The third-order valence-electron chi connectivity index (χ3n) is 3.06. The summed E-state index contributed by atoms with van der Waals surface area (Å²) >= 11 is 1.47. The van der Waals surface area contributed by atoms with Crippen LogP contribution < -0.4 is 5.32 Å². The summed E-state index contributed by atoms with van der Waals surface area (Å²) in [5, 5.41) is 3.26. The van der Waals surface area contributed by atoms with Gasteiger partial charge in [-0.1, -0.05) is 41.6 Å². The van der Waals surface area contributed by atoms with Crippen LogP contribution in [0.2, 0.25) is 0 Å². The first-order valence-corrected chi connectivity index (χ1v) is 7.74. The second-order valence-electron chi connectivity index (χ2n) is 4.82. The molecule has 0 aliphatic rings. The normalized spacial score (nSPS) is 10.8. The van der Waals surface area contributed by atoms with Crippen LogP contribution in [0.1, 0.15) is 11.1 Å². The largest absolute Gasteiger partial charge is 0.383 e. The molecule has 2 aromatic carbocycles. The molecule has 0 fully saturated rings. The maximum Gasteiger partial charge on any atom is 0.137 e. The SMILES string of the molecule is COCCNCc1cccc(F)c1Sc1cccc(C)c1. The molecule has 0 unspecified atom stereocenters. The van der Waals surface area contributed by atoms with Crippen molar-refractivity contribution in [2.24, 2.45) is 0 Å². The number of benzene rings is 2. The lowest BCUT2D eigenvalue weighted by Crippen LogP contribution is -2.19. The lowest BCUT2D eigenvalue weighted by molar-refractivity contribution is 0.199. The van der Waals surface area contributed by atoms with Gasteiger partial charge in [0.15, 0.2) is 0 Å². The molecule has 0 saturated heterocycles. The number of nitrogens with one attached hydrogen (secondary N) is 1. The Morgan fingerprint density at radius 1 is 1.19 bits per heavy atom. The van der Waals surface area contributed by atoms with Crippen molar-refractivity contribution in [3.8, 4) is 0 Å². The molecular formula is C17H20FNOS. The quantitative estimate of drug-likeness (QED) is 0.781. The third kappa shape index (κ3) is 4.84. The van der Waals surface area contributed by atoms with Gasteiger partial charge in [0.25, 0.3) is 0 Å². The highest BCUT2D eigenvalue weighted by Crippen LogP contribution is 2.33. The first-order valence-electron chi connectivity index (χ1n) is 6.92. The van der Waals surface area contributed by atoms with Crippen molar-refractivity contribution in [1.82, 2.24) is 5.32 Å². The van der Waals surface area contributed by atoms with Crippen LogP contribution >= 0.6 is 11.8 Å². The predicted octanol–water partition coefficient (Wildman–Crippen LogP) is 4.02. The molecule has 1 N–H and O–H groups in total. The Morgan fingerprint density at radius 3 is 2.76 bits per heavy atom. The summed E-state index contributed by atoms with van der Waals surface area (Å²) in [7, 11) is 1.67. The van der Waals surface area contributed by atoms with Crippen molar-refractivity contribution in [1.29, 1.82) is 0 Å². The van der Waals surface area contributed by atoms with Crippen molar-refractivity contribution in [2.75, 3.05) is 20.3 Å². The molecular weight excluding hydrogens is 285 g/mol. The van der Waals surface area contributed by atoms with E-state index < -0.39 is 0 Å². The molecule has 0 bridgehead atoms. The molecule has 0 aromatic heterocycles. The van der Waals surface area contributed by atoms with E-state index in [4.69, 9.17) is 4.74 Å². The van der Waals surface area contributed by atoms with E-state index in [2.05, 4.69) is 11.4 Å². The lowest BCUT2D eigenvalue weighted by atomic mass is 10.2. The summed E-state index contributed by atoms with van der Waals surface area (Å²) < 4.78 is 19.1. The fourth-order valence-electron chi connectivity index (χ4n) is 2.00. The number of methoxy groups -OCH3 is 1. The summed E-state index contributed by atoms with van der Waals surface area (Å²) in [4.78, 5) is 1.74. The molecule has 0 spiro atoms. The minimum atomic E-state index is -0.174.